The average Bonchev–Trinajstić information content (AvgIpc) is 3.06. The van der Waals surface area contributed by atoms with Crippen molar-refractivity contribution < 1.29 is 17.9 Å². The van der Waals surface area contributed by atoms with Gasteiger partial charge in [-0.1, -0.05) is 15.9 Å². The summed E-state index contributed by atoms with van der Waals surface area (Å²) < 4.78 is 42.6. The summed E-state index contributed by atoms with van der Waals surface area (Å²) in [6.07, 6.45) is -2.06. The highest BCUT2D eigenvalue weighted by Crippen LogP contribution is 2.30. The molecule has 1 aliphatic carbocycles. The molecule has 1 saturated carbocycles. The molecule has 1 fully saturated rings. The molecule has 0 heterocycles. The highest BCUT2D eigenvalue weighted by Gasteiger charge is 2.29. The van der Waals surface area contributed by atoms with Crippen LogP contribution < -0.4 is 10.1 Å². The number of alkyl halides is 3. The van der Waals surface area contributed by atoms with Crippen LogP contribution in [0.3, 0.4) is 0 Å². The first kappa shape index (κ1) is 14.7. The summed E-state index contributed by atoms with van der Waals surface area (Å²) in [4.78, 5) is 0. The molecule has 1 aromatic rings. The van der Waals surface area contributed by atoms with E-state index in [1.54, 1.807) is 19.1 Å². The smallest absolute Gasteiger partial charge is 0.422 e. The van der Waals surface area contributed by atoms with Crippen molar-refractivity contribution in [2.75, 3.05) is 6.61 Å². The van der Waals surface area contributed by atoms with Crippen molar-refractivity contribution in [3.05, 3.63) is 27.7 Å². The van der Waals surface area contributed by atoms with Gasteiger partial charge in [0, 0.05) is 22.6 Å². The molecule has 0 amide bonds. The number of nitrogens with one attached hydrogen (secondary N) is 1. The van der Waals surface area contributed by atoms with Crippen molar-refractivity contribution in [2.24, 2.45) is 0 Å². The minimum atomic E-state index is -4.32. The fraction of sp³-hybridized carbons (Fsp3) is 0.538. The highest BCUT2D eigenvalue weighted by atomic mass is 79.9. The molecule has 0 bridgehead atoms. The Morgan fingerprint density at radius 1 is 1.37 bits per heavy atom. The zero-order chi connectivity index (χ0) is 14.0. The lowest BCUT2D eigenvalue weighted by Gasteiger charge is -2.16. The number of rotatable bonds is 5. The molecule has 0 spiro atoms. The van der Waals surface area contributed by atoms with Crippen LogP contribution in [0.5, 0.6) is 5.75 Å². The first-order chi connectivity index (χ1) is 8.85. The van der Waals surface area contributed by atoms with Crippen LogP contribution in [0.25, 0.3) is 0 Å². The van der Waals surface area contributed by atoms with Crippen molar-refractivity contribution in [3.8, 4) is 5.75 Å². The van der Waals surface area contributed by atoms with Gasteiger partial charge in [-0.15, -0.1) is 0 Å². The van der Waals surface area contributed by atoms with Gasteiger partial charge in [0.1, 0.15) is 5.75 Å². The predicted octanol–water partition coefficient (Wildman–Crippen LogP) is 3.95. The van der Waals surface area contributed by atoms with Gasteiger partial charge in [0.15, 0.2) is 6.61 Å². The summed E-state index contributed by atoms with van der Waals surface area (Å²) in [6, 6.07) is 4.05. The van der Waals surface area contributed by atoms with Gasteiger partial charge in [-0.25, -0.2) is 0 Å². The third kappa shape index (κ3) is 4.69. The first-order valence-corrected chi connectivity index (χ1v) is 6.86. The summed E-state index contributed by atoms with van der Waals surface area (Å²) in [5, 5.41) is 3.28. The lowest BCUT2D eigenvalue weighted by Crippen LogP contribution is -2.21. The molecule has 0 radical (unpaired) electrons. The second kappa shape index (κ2) is 5.71. The standard InChI is InChI=1S/C13H15BrF3NO/c1-8-4-10(14)5-9(6-18-11-2-3-11)12(8)19-7-13(15,16)17/h4-5,11,18H,2-3,6-7H2,1H3. The van der Waals surface area contributed by atoms with E-state index in [0.29, 0.717) is 23.9 Å². The summed E-state index contributed by atoms with van der Waals surface area (Å²) in [5.41, 5.74) is 1.45. The molecule has 2 nitrogen and oxygen atoms in total. The lowest BCUT2D eigenvalue weighted by atomic mass is 10.1. The van der Waals surface area contributed by atoms with Crippen LogP contribution in [-0.4, -0.2) is 18.8 Å². The van der Waals surface area contributed by atoms with Gasteiger partial charge in [0.25, 0.3) is 0 Å². The van der Waals surface area contributed by atoms with E-state index < -0.39 is 12.8 Å². The Morgan fingerprint density at radius 3 is 2.63 bits per heavy atom. The third-order valence-electron chi connectivity index (χ3n) is 2.86. The van der Waals surface area contributed by atoms with Crippen LogP contribution >= 0.6 is 15.9 Å². The van der Waals surface area contributed by atoms with E-state index in [4.69, 9.17) is 4.74 Å². The fourth-order valence-electron chi connectivity index (χ4n) is 1.83. The van der Waals surface area contributed by atoms with Crippen LogP contribution in [0.4, 0.5) is 13.2 Å². The molecular formula is C13H15BrF3NO. The number of hydrogen-bond acceptors (Lipinski definition) is 2. The molecule has 0 unspecified atom stereocenters. The first-order valence-electron chi connectivity index (χ1n) is 6.07. The van der Waals surface area contributed by atoms with Crippen molar-refractivity contribution >= 4 is 15.9 Å². The Hall–Kier alpha value is -0.750. The van der Waals surface area contributed by atoms with Gasteiger partial charge in [-0.2, -0.15) is 13.2 Å². The van der Waals surface area contributed by atoms with Gasteiger partial charge in [0.05, 0.1) is 0 Å². The van der Waals surface area contributed by atoms with E-state index in [9.17, 15) is 13.2 Å². The summed E-state index contributed by atoms with van der Waals surface area (Å²) >= 11 is 3.35. The Bertz CT molecular complexity index is 458. The molecule has 0 atom stereocenters. The van der Waals surface area contributed by atoms with E-state index in [1.165, 1.54) is 0 Å². The van der Waals surface area contributed by atoms with Gasteiger partial charge in [-0.05, 0) is 37.5 Å². The van der Waals surface area contributed by atoms with Crippen molar-refractivity contribution in [1.29, 1.82) is 0 Å². The maximum absolute atomic E-state index is 12.3. The normalized spacial score (nSPS) is 15.6. The second-order valence-corrected chi connectivity index (χ2v) is 5.69. The van der Waals surface area contributed by atoms with E-state index in [1.807, 2.05) is 0 Å². The maximum Gasteiger partial charge on any atom is 0.422 e. The minimum absolute atomic E-state index is 0.327. The van der Waals surface area contributed by atoms with Crippen molar-refractivity contribution in [1.82, 2.24) is 5.32 Å². The number of ether oxygens (including phenoxy) is 1. The van der Waals surface area contributed by atoms with Crippen LogP contribution in [0.2, 0.25) is 0 Å². The molecule has 1 aromatic carbocycles. The average molecular weight is 338 g/mol. The molecule has 1 N–H and O–H groups in total. The molecule has 2 rings (SSSR count). The Balaban J connectivity index is 2.12. The topological polar surface area (TPSA) is 21.3 Å². The number of hydrogen-bond donors (Lipinski definition) is 1. The third-order valence-corrected chi connectivity index (χ3v) is 3.31. The Kier molecular flexibility index (Phi) is 4.40. The maximum atomic E-state index is 12.3. The summed E-state index contributed by atoms with van der Waals surface area (Å²) in [6.45, 7) is 1.02. The minimum Gasteiger partial charge on any atom is -0.484 e. The lowest BCUT2D eigenvalue weighted by molar-refractivity contribution is -0.153. The summed E-state index contributed by atoms with van der Waals surface area (Å²) in [7, 11) is 0. The fourth-order valence-corrected chi connectivity index (χ4v) is 2.45. The van der Waals surface area contributed by atoms with Gasteiger partial charge < -0.3 is 10.1 Å². The van der Waals surface area contributed by atoms with Gasteiger partial charge >= 0.3 is 6.18 Å². The molecule has 19 heavy (non-hydrogen) atoms. The second-order valence-electron chi connectivity index (χ2n) is 4.77. The Morgan fingerprint density at radius 2 is 2.05 bits per heavy atom. The SMILES string of the molecule is Cc1cc(Br)cc(CNC2CC2)c1OCC(F)(F)F. The zero-order valence-corrected chi connectivity index (χ0v) is 12.1. The highest BCUT2D eigenvalue weighted by molar-refractivity contribution is 9.10. The largest absolute Gasteiger partial charge is 0.484 e. The molecule has 106 valence electrons. The van der Waals surface area contributed by atoms with Crippen LogP contribution in [0.15, 0.2) is 16.6 Å². The predicted molar refractivity (Wildman–Crippen MR) is 70.3 cm³/mol. The van der Waals surface area contributed by atoms with Crippen molar-refractivity contribution in [3.63, 3.8) is 0 Å². The van der Waals surface area contributed by atoms with Gasteiger partial charge in [-0.3, -0.25) is 0 Å². The zero-order valence-electron chi connectivity index (χ0n) is 10.5. The van der Waals surface area contributed by atoms with Gasteiger partial charge in [0.2, 0.25) is 0 Å². The van der Waals surface area contributed by atoms with Crippen LogP contribution in [0.1, 0.15) is 24.0 Å². The van der Waals surface area contributed by atoms with Crippen LogP contribution in [0, 0.1) is 6.92 Å². The van der Waals surface area contributed by atoms with E-state index in [-0.39, 0.29) is 0 Å². The van der Waals surface area contributed by atoms with E-state index in [2.05, 4.69) is 21.2 Å². The molecule has 6 heteroatoms. The van der Waals surface area contributed by atoms with Crippen LogP contribution in [-0.2, 0) is 6.54 Å². The number of aryl methyl sites for hydroxylation is 1. The molecule has 0 aromatic heterocycles. The van der Waals surface area contributed by atoms with E-state index in [0.717, 1.165) is 22.9 Å². The molecular weight excluding hydrogens is 323 g/mol. The summed E-state index contributed by atoms with van der Waals surface area (Å²) in [5.74, 6) is 0.327. The Labute approximate surface area is 118 Å². The molecule has 1 aliphatic rings. The number of halogens is 4. The number of benzene rings is 1. The van der Waals surface area contributed by atoms with E-state index >= 15 is 0 Å². The monoisotopic (exact) mass is 337 g/mol. The molecule has 0 aliphatic heterocycles. The van der Waals surface area contributed by atoms with Crippen molar-refractivity contribution in [2.45, 2.75) is 38.5 Å². The molecule has 0 saturated heterocycles. The quantitative estimate of drug-likeness (QED) is 0.878.